The number of cyclic esters (lactones) is 1. The van der Waals surface area contributed by atoms with Gasteiger partial charge in [-0.1, -0.05) is 18.4 Å². The van der Waals surface area contributed by atoms with Crippen molar-refractivity contribution in [2.75, 3.05) is 0 Å². The van der Waals surface area contributed by atoms with Crippen LogP contribution in [0.25, 0.3) is 0 Å². The van der Waals surface area contributed by atoms with Crippen LogP contribution in [-0.2, 0) is 4.74 Å². The van der Waals surface area contributed by atoms with E-state index in [1.165, 1.54) is 18.5 Å². The number of allylic oxidation sites excluding steroid dienone is 1. The minimum Gasteiger partial charge on any atom is -0.439 e. The number of alkyl carbamates (subject to hydrolysis) is 1. The monoisotopic (exact) mass is 406 g/mol. The molecule has 0 unspecified atom stereocenters. The van der Waals surface area contributed by atoms with E-state index in [1.54, 1.807) is 6.92 Å². The molecule has 1 aliphatic heterocycles. The zero-order valence-electron chi connectivity index (χ0n) is 15.5. The van der Waals surface area contributed by atoms with Crippen molar-refractivity contribution in [1.29, 1.82) is 0 Å². The van der Waals surface area contributed by atoms with Crippen molar-refractivity contribution in [2.45, 2.75) is 37.8 Å². The number of benzene rings is 1. The minimum atomic E-state index is -2.61. The summed E-state index contributed by atoms with van der Waals surface area (Å²) in [5.41, 5.74) is 0.913. The van der Waals surface area contributed by atoms with E-state index in [-0.39, 0.29) is 24.3 Å². The second kappa shape index (κ2) is 8.11. The Hall–Kier alpha value is -3.08. The molecule has 8 heteroatoms. The third-order valence-corrected chi connectivity index (χ3v) is 4.55. The standard InChI is InChI=1S/C21H18F4N2O2/c1-12(3-4-14-8-21(24,25)9-14)10-26-11-13(2)18-19(29-20(28)27-18)16-6-5-15(22)7-17(16)23/h5-7,10-11,14,18-19H,2,8-9H2,1H3,(H,27,28)/b12-10+,26-11?/t18-,19-/m1/s1. The molecule has 3 rings (SSSR count). The summed E-state index contributed by atoms with van der Waals surface area (Å²) in [6, 6.07) is 2.19. The zero-order chi connectivity index (χ0) is 21.2. The SMILES string of the molecule is C=C(C=N/C=C(\C)C#CC1CC(F)(F)C1)[C@H]1NC(=O)O[C@@H]1c1ccc(F)cc1F. The predicted molar refractivity (Wildman–Crippen MR) is 99.3 cm³/mol. The molecule has 29 heavy (non-hydrogen) atoms. The normalized spacial score (nSPS) is 23.8. The van der Waals surface area contributed by atoms with Crippen molar-refractivity contribution in [1.82, 2.24) is 5.32 Å². The summed E-state index contributed by atoms with van der Waals surface area (Å²) < 4.78 is 57.8. The Balaban J connectivity index is 1.65. The Bertz CT molecular complexity index is 951. The Morgan fingerprint density at radius 1 is 1.38 bits per heavy atom. The largest absolute Gasteiger partial charge is 0.439 e. The lowest BCUT2D eigenvalue weighted by molar-refractivity contribution is -0.0936. The fourth-order valence-corrected chi connectivity index (χ4v) is 3.02. The number of alkyl halides is 2. The molecule has 0 spiro atoms. The average Bonchev–Trinajstić information content (AvgIpc) is 2.99. The lowest BCUT2D eigenvalue weighted by atomic mass is 9.82. The number of hydrogen-bond donors (Lipinski definition) is 1. The van der Waals surface area contributed by atoms with E-state index in [1.807, 2.05) is 0 Å². The third-order valence-electron chi connectivity index (χ3n) is 4.55. The highest BCUT2D eigenvalue weighted by atomic mass is 19.3. The average molecular weight is 406 g/mol. The summed E-state index contributed by atoms with van der Waals surface area (Å²) >= 11 is 0. The Morgan fingerprint density at radius 2 is 2.10 bits per heavy atom. The second-order valence-corrected chi connectivity index (χ2v) is 7.01. The van der Waals surface area contributed by atoms with Crippen LogP contribution < -0.4 is 5.32 Å². The number of carbonyl (C=O) groups excluding carboxylic acids is 1. The van der Waals surface area contributed by atoms with Gasteiger partial charge in [-0.3, -0.25) is 4.99 Å². The van der Waals surface area contributed by atoms with Crippen molar-refractivity contribution in [2.24, 2.45) is 10.9 Å². The van der Waals surface area contributed by atoms with Gasteiger partial charge in [-0.2, -0.15) is 0 Å². The molecule has 1 heterocycles. The molecule has 152 valence electrons. The van der Waals surface area contributed by atoms with E-state index in [0.717, 1.165) is 6.07 Å². The van der Waals surface area contributed by atoms with Crippen LogP contribution in [-0.4, -0.2) is 24.3 Å². The van der Waals surface area contributed by atoms with Crippen molar-refractivity contribution < 1.29 is 27.1 Å². The Morgan fingerprint density at radius 3 is 2.76 bits per heavy atom. The minimum absolute atomic E-state index is 0.0131. The van der Waals surface area contributed by atoms with E-state index in [4.69, 9.17) is 4.74 Å². The Labute approximate surface area is 165 Å². The fourth-order valence-electron chi connectivity index (χ4n) is 3.02. The highest BCUT2D eigenvalue weighted by Crippen LogP contribution is 2.41. The molecule has 1 aromatic rings. The maximum atomic E-state index is 14.1. The van der Waals surface area contributed by atoms with Crippen molar-refractivity contribution in [3.8, 4) is 11.8 Å². The molecule has 1 N–H and O–H groups in total. The van der Waals surface area contributed by atoms with Gasteiger partial charge in [0.2, 0.25) is 0 Å². The lowest BCUT2D eigenvalue weighted by Gasteiger charge is -2.31. The van der Waals surface area contributed by atoms with Crippen LogP contribution >= 0.6 is 0 Å². The first-order valence-corrected chi connectivity index (χ1v) is 8.85. The first-order valence-electron chi connectivity index (χ1n) is 8.85. The molecule has 1 amide bonds. The van der Waals surface area contributed by atoms with Gasteiger partial charge in [-0.25, -0.2) is 22.4 Å². The quantitative estimate of drug-likeness (QED) is 0.448. The number of nitrogens with zero attached hydrogens (tertiary/aromatic N) is 1. The third kappa shape index (κ3) is 5.05. The maximum absolute atomic E-state index is 14.1. The highest BCUT2D eigenvalue weighted by Gasteiger charge is 2.44. The van der Waals surface area contributed by atoms with Crippen molar-refractivity contribution in [3.63, 3.8) is 0 Å². The van der Waals surface area contributed by atoms with Gasteiger partial charge in [0.1, 0.15) is 11.6 Å². The van der Waals surface area contributed by atoms with E-state index in [2.05, 4.69) is 28.7 Å². The van der Waals surface area contributed by atoms with Crippen LogP contribution in [0, 0.1) is 29.4 Å². The first-order chi connectivity index (χ1) is 13.6. The molecule has 1 aromatic carbocycles. The van der Waals surface area contributed by atoms with E-state index in [9.17, 15) is 22.4 Å². The number of aliphatic imine (C=N–C) groups is 1. The number of ether oxygens (including phenoxy) is 1. The summed E-state index contributed by atoms with van der Waals surface area (Å²) in [5.74, 6) is 1.04. The smallest absolute Gasteiger partial charge is 0.408 e. The topological polar surface area (TPSA) is 50.7 Å². The van der Waals surface area contributed by atoms with Gasteiger partial charge in [0, 0.05) is 48.4 Å². The first kappa shape index (κ1) is 20.6. The number of hydrogen-bond acceptors (Lipinski definition) is 3. The molecule has 0 aromatic heterocycles. The molecular formula is C21H18F4N2O2. The molecule has 2 atom stereocenters. The molecule has 4 nitrogen and oxygen atoms in total. The summed E-state index contributed by atoms with van der Waals surface area (Å²) in [4.78, 5) is 15.7. The summed E-state index contributed by atoms with van der Waals surface area (Å²) in [7, 11) is 0. The number of amides is 1. The molecule has 1 saturated carbocycles. The zero-order valence-corrected chi connectivity index (χ0v) is 15.5. The van der Waals surface area contributed by atoms with Crippen LogP contribution in [0.4, 0.5) is 22.4 Å². The van der Waals surface area contributed by atoms with Crippen LogP contribution in [0.2, 0.25) is 0 Å². The molecule has 0 bridgehead atoms. The van der Waals surface area contributed by atoms with Gasteiger partial charge in [0.15, 0.2) is 6.10 Å². The van der Waals surface area contributed by atoms with Gasteiger partial charge in [0.25, 0.3) is 5.92 Å². The van der Waals surface area contributed by atoms with Gasteiger partial charge < -0.3 is 10.1 Å². The van der Waals surface area contributed by atoms with E-state index < -0.39 is 35.8 Å². The molecule has 2 aliphatic rings. The highest BCUT2D eigenvalue weighted by molar-refractivity contribution is 5.83. The molecule has 2 fully saturated rings. The summed E-state index contributed by atoms with van der Waals surface area (Å²) in [6.45, 7) is 5.50. The molecule has 0 radical (unpaired) electrons. The maximum Gasteiger partial charge on any atom is 0.408 e. The molecule has 1 saturated heterocycles. The van der Waals surface area contributed by atoms with Crippen LogP contribution in [0.15, 0.2) is 47.1 Å². The lowest BCUT2D eigenvalue weighted by Crippen LogP contribution is -2.34. The molecular weight excluding hydrogens is 388 g/mol. The Kier molecular flexibility index (Phi) is 5.78. The number of carbonyl (C=O) groups is 1. The summed E-state index contributed by atoms with van der Waals surface area (Å²) in [5, 5.41) is 2.51. The fraction of sp³-hybridized carbons (Fsp3) is 0.333. The number of nitrogens with one attached hydrogen (secondary N) is 1. The van der Waals surface area contributed by atoms with E-state index >= 15 is 0 Å². The summed E-state index contributed by atoms with van der Waals surface area (Å²) in [6.07, 6.45) is 0.559. The van der Waals surface area contributed by atoms with Gasteiger partial charge in [-0.05, 0) is 24.6 Å². The van der Waals surface area contributed by atoms with Crippen LogP contribution in [0.1, 0.15) is 31.4 Å². The van der Waals surface area contributed by atoms with Crippen molar-refractivity contribution >= 4 is 12.3 Å². The van der Waals surface area contributed by atoms with Gasteiger partial charge in [-0.15, -0.1) is 0 Å². The van der Waals surface area contributed by atoms with Crippen LogP contribution in [0.5, 0.6) is 0 Å². The van der Waals surface area contributed by atoms with Gasteiger partial charge in [0.05, 0.1) is 6.04 Å². The predicted octanol–water partition coefficient (Wildman–Crippen LogP) is 4.69. The molecule has 1 aliphatic carbocycles. The van der Waals surface area contributed by atoms with Crippen LogP contribution in [0.3, 0.4) is 0 Å². The van der Waals surface area contributed by atoms with Crippen molar-refractivity contribution in [3.05, 3.63) is 59.3 Å². The number of halogens is 4. The number of rotatable bonds is 4. The second-order valence-electron chi connectivity index (χ2n) is 7.01. The van der Waals surface area contributed by atoms with E-state index in [0.29, 0.717) is 17.2 Å². The van der Waals surface area contributed by atoms with Gasteiger partial charge >= 0.3 is 6.09 Å².